The molecular formula is C29H26N2O4. The number of nitriles is 1. The molecule has 0 bridgehead atoms. The first-order valence-electron chi connectivity index (χ1n) is 11.5. The van der Waals surface area contributed by atoms with Gasteiger partial charge in [-0.15, -0.1) is 0 Å². The summed E-state index contributed by atoms with van der Waals surface area (Å²) in [6.07, 6.45) is 0.885. The molecule has 3 aromatic rings. The number of hydrogen-bond donors (Lipinski definition) is 1. The Morgan fingerprint density at radius 3 is 2.63 bits per heavy atom. The number of benzene rings is 3. The van der Waals surface area contributed by atoms with Crippen molar-refractivity contribution in [3.63, 3.8) is 0 Å². The topological polar surface area (TPSA) is 86.7 Å². The maximum atomic E-state index is 10.0. The number of nitrogens with two attached hydrogens (primary N) is 1. The van der Waals surface area contributed by atoms with Crippen LogP contribution in [0.1, 0.15) is 29.5 Å². The fraction of sp³-hybridized carbons (Fsp3) is 0.207. The smallest absolute Gasteiger partial charge is 0.205 e. The van der Waals surface area contributed by atoms with Crippen molar-refractivity contribution in [1.82, 2.24) is 0 Å². The zero-order valence-corrected chi connectivity index (χ0v) is 19.9. The van der Waals surface area contributed by atoms with Gasteiger partial charge in [-0.3, -0.25) is 0 Å². The van der Waals surface area contributed by atoms with Gasteiger partial charge in [-0.05, 0) is 59.5 Å². The predicted molar refractivity (Wildman–Crippen MR) is 134 cm³/mol. The fourth-order valence-corrected chi connectivity index (χ4v) is 4.72. The highest BCUT2D eigenvalue weighted by molar-refractivity contribution is 5.78. The monoisotopic (exact) mass is 466 g/mol. The maximum absolute atomic E-state index is 10.0. The standard InChI is InChI=1S/C29H26N2O4/c1-4-17-8-10-26-22(12-17)28-24(16-34-26)27(23(15-30)29(31)35-28)19-9-11-25(33-3)21(14-19)18-6-5-7-20(13-18)32-2/h5-14,27H,4,16,31H2,1-3H3. The molecular weight excluding hydrogens is 440 g/mol. The summed E-state index contributed by atoms with van der Waals surface area (Å²) in [5, 5.41) is 10.0. The van der Waals surface area contributed by atoms with Gasteiger partial charge in [-0.2, -0.15) is 5.26 Å². The molecule has 35 heavy (non-hydrogen) atoms. The summed E-state index contributed by atoms with van der Waals surface area (Å²) in [4.78, 5) is 0. The van der Waals surface area contributed by atoms with E-state index in [-0.39, 0.29) is 5.88 Å². The SMILES string of the molecule is CCc1ccc2c(c1)C1=C(CO2)C(c2ccc(OC)c(-c3cccc(OC)c3)c2)C(C#N)=C(N)O1. The third kappa shape index (κ3) is 3.85. The van der Waals surface area contributed by atoms with Crippen LogP contribution >= 0.6 is 0 Å². The van der Waals surface area contributed by atoms with Crippen molar-refractivity contribution in [3.05, 3.63) is 94.4 Å². The van der Waals surface area contributed by atoms with Gasteiger partial charge in [-0.25, -0.2) is 0 Å². The lowest BCUT2D eigenvalue weighted by atomic mass is 9.80. The van der Waals surface area contributed by atoms with Crippen molar-refractivity contribution in [2.75, 3.05) is 20.8 Å². The molecule has 0 saturated carbocycles. The van der Waals surface area contributed by atoms with E-state index in [0.29, 0.717) is 17.9 Å². The van der Waals surface area contributed by atoms with E-state index in [9.17, 15) is 5.26 Å². The van der Waals surface area contributed by atoms with E-state index in [2.05, 4.69) is 25.1 Å². The molecule has 176 valence electrons. The van der Waals surface area contributed by atoms with E-state index in [1.54, 1.807) is 14.2 Å². The summed E-state index contributed by atoms with van der Waals surface area (Å²) in [6, 6.07) is 22.1. The van der Waals surface area contributed by atoms with Gasteiger partial charge in [0.15, 0.2) is 0 Å². The van der Waals surface area contributed by atoms with Crippen LogP contribution in [0, 0.1) is 11.3 Å². The van der Waals surface area contributed by atoms with Crippen molar-refractivity contribution in [2.45, 2.75) is 19.3 Å². The molecule has 6 heteroatoms. The number of ether oxygens (including phenoxy) is 4. The highest BCUT2D eigenvalue weighted by atomic mass is 16.5. The van der Waals surface area contributed by atoms with Gasteiger partial charge in [0.05, 0.1) is 25.7 Å². The number of fused-ring (bicyclic) bond motifs is 2. The molecule has 2 heterocycles. The van der Waals surface area contributed by atoms with Gasteiger partial charge >= 0.3 is 0 Å². The molecule has 1 atom stereocenters. The van der Waals surface area contributed by atoms with Crippen molar-refractivity contribution >= 4 is 5.76 Å². The number of aryl methyl sites for hydroxylation is 1. The molecule has 2 aliphatic rings. The van der Waals surface area contributed by atoms with Crippen LogP contribution in [0.3, 0.4) is 0 Å². The minimum absolute atomic E-state index is 0.116. The van der Waals surface area contributed by atoms with Gasteiger partial charge < -0.3 is 24.7 Å². The summed E-state index contributed by atoms with van der Waals surface area (Å²) in [5.74, 6) is 2.59. The Balaban J connectivity index is 1.69. The molecule has 6 nitrogen and oxygen atoms in total. The van der Waals surface area contributed by atoms with Crippen LogP contribution in [0.4, 0.5) is 0 Å². The highest BCUT2D eigenvalue weighted by Crippen LogP contribution is 2.48. The number of rotatable bonds is 5. The first-order valence-corrected chi connectivity index (χ1v) is 11.5. The van der Waals surface area contributed by atoms with E-state index in [4.69, 9.17) is 24.7 Å². The summed E-state index contributed by atoms with van der Waals surface area (Å²) in [7, 11) is 3.28. The highest BCUT2D eigenvalue weighted by Gasteiger charge is 2.37. The van der Waals surface area contributed by atoms with Crippen molar-refractivity contribution in [3.8, 4) is 34.4 Å². The third-order valence-electron chi connectivity index (χ3n) is 6.54. The van der Waals surface area contributed by atoms with Crippen LogP contribution in [0.25, 0.3) is 16.9 Å². The Bertz CT molecular complexity index is 1410. The Morgan fingerprint density at radius 2 is 1.89 bits per heavy atom. The first-order chi connectivity index (χ1) is 17.1. The van der Waals surface area contributed by atoms with Crippen LogP contribution < -0.4 is 19.9 Å². The van der Waals surface area contributed by atoms with Crippen molar-refractivity contribution in [1.29, 1.82) is 5.26 Å². The molecule has 2 N–H and O–H groups in total. The summed E-state index contributed by atoms with van der Waals surface area (Å²) < 4.78 is 23.2. The number of allylic oxidation sites excluding steroid dienone is 1. The summed E-state index contributed by atoms with van der Waals surface area (Å²) in [6.45, 7) is 2.40. The molecule has 5 rings (SSSR count). The predicted octanol–water partition coefficient (Wildman–Crippen LogP) is 5.54. The minimum atomic E-state index is -0.405. The number of nitrogens with zero attached hydrogens (tertiary/aromatic N) is 1. The Morgan fingerprint density at radius 1 is 1.03 bits per heavy atom. The van der Waals surface area contributed by atoms with Gasteiger partial charge in [0.1, 0.15) is 41.3 Å². The largest absolute Gasteiger partial charge is 0.497 e. The molecule has 0 fully saturated rings. The van der Waals surface area contributed by atoms with Crippen LogP contribution in [-0.2, 0) is 11.2 Å². The van der Waals surface area contributed by atoms with E-state index in [0.717, 1.165) is 51.5 Å². The molecule has 0 radical (unpaired) electrons. The second-order valence-corrected chi connectivity index (χ2v) is 8.44. The molecule has 0 aromatic heterocycles. The molecule has 0 saturated heterocycles. The van der Waals surface area contributed by atoms with Gasteiger partial charge in [0.25, 0.3) is 0 Å². The fourth-order valence-electron chi connectivity index (χ4n) is 4.72. The minimum Gasteiger partial charge on any atom is -0.497 e. The summed E-state index contributed by atoms with van der Waals surface area (Å²) in [5.41, 5.74) is 12.3. The van der Waals surface area contributed by atoms with Crippen LogP contribution in [0.2, 0.25) is 0 Å². The molecule has 3 aromatic carbocycles. The Kier molecular flexibility index (Phi) is 5.84. The third-order valence-corrected chi connectivity index (χ3v) is 6.54. The molecule has 0 aliphatic carbocycles. The lowest BCUT2D eigenvalue weighted by Gasteiger charge is -2.33. The van der Waals surface area contributed by atoms with Gasteiger partial charge in [-0.1, -0.05) is 31.2 Å². The van der Waals surface area contributed by atoms with Crippen molar-refractivity contribution in [2.24, 2.45) is 5.73 Å². The number of hydrogen-bond acceptors (Lipinski definition) is 6. The normalized spacial score (nSPS) is 16.5. The zero-order valence-electron chi connectivity index (χ0n) is 19.9. The van der Waals surface area contributed by atoms with Gasteiger partial charge in [0.2, 0.25) is 5.88 Å². The summed E-state index contributed by atoms with van der Waals surface area (Å²) >= 11 is 0. The first kappa shape index (κ1) is 22.4. The average molecular weight is 467 g/mol. The van der Waals surface area contributed by atoms with E-state index >= 15 is 0 Å². The van der Waals surface area contributed by atoms with E-state index < -0.39 is 5.92 Å². The molecule has 0 spiro atoms. The van der Waals surface area contributed by atoms with Crippen LogP contribution in [-0.4, -0.2) is 20.8 Å². The average Bonchev–Trinajstić information content (AvgIpc) is 2.91. The second-order valence-electron chi connectivity index (χ2n) is 8.44. The van der Waals surface area contributed by atoms with E-state index in [1.165, 1.54) is 5.56 Å². The molecule has 1 unspecified atom stereocenters. The quantitative estimate of drug-likeness (QED) is 0.531. The van der Waals surface area contributed by atoms with Crippen molar-refractivity contribution < 1.29 is 18.9 Å². The molecule has 2 aliphatic heterocycles. The zero-order chi connectivity index (χ0) is 24.5. The van der Waals surface area contributed by atoms with Crippen LogP contribution in [0.15, 0.2) is 77.7 Å². The lowest BCUT2D eigenvalue weighted by molar-refractivity contribution is 0.294. The van der Waals surface area contributed by atoms with E-state index in [1.807, 2.05) is 48.5 Å². The lowest BCUT2D eigenvalue weighted by Crippen LogP contribution is -2.26. The second kappa shape index (κ2) is 9.11. The Labute approximate surface area is 204 Å². The van der Waals surface area contributed by atoms with Gasteiger partial charge in [0, 0.05) is 11.1 Å². The van der Waals surface area contributed by atoms with Crippen LogP contribution in [0.5, 0.6) is 17.2 Å². The Hall–Kier alpha value is -4.37. The molecule has 0 amide bonds. The maximum Gasteiger partial charge on any atom is 0.205 e. The number of methoxy groups -OCH3 is 2.